The minimum Gasteiger partial charge on any atom is -0.359 e. The molecule has 2 aliphatic carbocycles. The minimum absolute atomic E-state index is 0.357. The number of aromatic nitrogens is 2. The third kappa shape index (κ3) is 2.55. The predicted molar refractivity (Wildman–Crippen MR) is 78.8 cm³/mol. The Labute approximate surface area is 124 Å². The Balaban J connectivity index is 1.73. The standard InChI is InChI=1S/C14H19Cl2N3/c1-19(7-11-5-9-2-3-10(11)4-9)14-12(6-15)13(16)17-8-18-14/h8-11H,2-7H2,1H3. The van der Waals surface area contributed by atoms with E-state index in [0.29, 0.717) is 11.0 Å². The van der Waals surface area contributed by atoms with E-state index < -0.39 is 0 Å². The van der Waals surface area contributed by atoms with Gasteiger partial charge in [0.1, 0.15) is 17.3 Å². The molecule has 0 radical (unpaired) electrons. The van der Waals surface area contributed by atoms with Crippen molar-refractivity contribution in [3.05, 3.63) is 17.0 Å². The van der Waals surface area contributed by atoms with Crippen LogP contribution in [0.3, 0.4) is 0 Å². The lowest BCUT2D eigenvalue weighted by Crippen LogP contribution is -2.30. The van der Waals surface area contributed by atoms with Crippen LogP contribution in [0.15, 0.2) is 6.33 Å². The van der Waals surface area contributed by atoms with Crippen LogP contribution in [-0.2, 0) is 5.88 Å². The molecule has 3 unspecified atom stereocenters. The van der Waals surface area contributed by atoms with E-state index in [9.17, 15) is 0 Å². The van der Waals surface area contributed by atoms with Crippen LogP contribution < -0.4 is 4.90 Å². The molecule has 2 fully saturated rings. The minimum atomic E-state index is 0.357. The first kappa shape index (κ1) is 13.4. The molecule has 5 heteroatoms. The molecule has 3 atom stereocenters. The zero-order valence-electron chi connectivity index (χ0n) is 11.1. The van der Waals surface area contributed by atoms with E-state index >= 15 is 0 Å². The molecule has 0 spiro atoms. The fourth-order valence-corrected chi connectivity index (χ4v) is 4.37. The van der Waals surface area contributed by atoms with Crippen LogP contribution in [0.5, 0.6) is 0 Å². The van der Waals surface area contributed by atoms with Gasteiger partial charge in [0.05, 0.1) is 5.88 Å². The number of anilines is 1. The summed E-state index contributed by atoms with van der Waals surface area (Å²) in [6.07, 6.45) is 7.19. The second-order valence-corrected chi connectivity index (χ2v) is 6.54. The Morgan fingerprint density at radius 1 is 1.32 bits per heavy atom. The summed E-state index contributed by atoms with van der Waals surface area (Å²) < 4.78 is 0. The zero-order valence-corrected chi connectivity index (χ0v) is 12.7. The first-order valence-electron chi connectivity index (χ1n) is 6.95. The molecule has 19 heavy (non-hydrogen) atoms. The van der Waals surface area contributed by atoms with E-state index in [1.807, 2.05) is 0 Å². The lowest BCUT2D eigenvalue weighted by molar-refractivity contribution is 0.337. The van der Waals surface area contributed by atoms with Gasteiger partial charge in [0, 0.05) is 19.2 Å². The predicted octanol–water partition coefficient (Wildman–Crippen LogP) is 3.74. The second kappa shape index (κ2) is 5.45. The van der Waals surface area contributed by atoms with Crippen molar-refractivity contribution in [2.24, 2.45) is 17.8 Å². The summed E-state index contributed by atoms with van der Waals surface area (Å²) in [4.78, 5) is 10.6. The third-order valence-corrected chi connectivity index (χ3v) is 5.35. The van der Waals surface area contributed by atoms with Crippen LogP contribution in [0.4, 0.5) is 5.82 Å². The molecular weight excluding hydrogens is 281 g/mol. The number of halogens is 2. The van der Waals surface area contributed by atoms with Crippen molar-refractivity contribution in [3.8, 4) is 0 Å². The maximum Gasteiger partial charge on any atom is 0.138 e. The molecule has 1 heterocycles. The Hall–Kier alpha value is -0.540. The molecule has 0 aromatic carbocycles. The summed E-state index contributed by atoms with van der Waals surface area (Å²) >= 11 is 12.1. The summed E-state index contributed by atoms with van der Waals surface area (Å²) in [5.74, 6) is 3.95. The zero-order chi connectivity index (χ0) is 13.4. The summed E-state index contributed by atoms with van der Waals surface area (Å²) in [6, 6.07) is 0. The Kier molecular flexibility index (Phi) is 3.86. The van der Waals surface area contributed by atoms with Gasteiger partial charge >= 0.3 is 0 Å². The van der Waals surface area contributed by atoms with Gasteiger partial charge < -0.3 is 4.90 Å². The van der Waals surface area contributed by atoms with E-state index in [2.05, 4.69) is 21.9 Å². The number of fused-ring (bicyclic) bond motifs is 2. The number of hydrogen-bond donors (Lipinski definition) is 0. The summed E-state index contributed by atoms with van der Waals surface area (Å²) in [7, 11) is 2.08. The molecule has 2 aliphatic rings. The van der Waals surface area contributed by atoms with Gasteiger partial charge in [0.2, 0.25) is 0 Å². The highest BCUT2D eigenvalue weighted by atomic mass is 35.5. The van der Waals surface area contributed by atoms with Gasteiger partial charge in [-0.15, -0.1) is 11.6 Å². The summed E-state index contributed by atoms with van der Waals surface area (Å²) in [5, 5.41) is 0.472. The smallest absolute Gasteiger partial charge is 0.138 e. The lowest BCUT2D eigenvalue weighted by Gasteiger charge is -2.28. The molecule has 3 rings (SSSR count). The van der Waals surface area contributed by atoms with Crippen LogP contribution in [0, 0.1) is 17.8 Å². The Morgan fingerprint density at radius 2 is 2.16 bits per heavy atom. The third-order valence-electron chi connectivity index (χ3n) is 4.76. The molecule has 1 aromatic rings. The van der Waals surface area contributed by atoms with Gasteiger partial charge in [-0.2, -0.15) is 0 Å². The van der Waals surface area contributed by atoms with Crippen molar-refractivity contribution >= 4 is 29.0 Å². The molecule has 0 amide bonds. The SMILES string of the molecule is CN(CC1CC2CCC1C2)c1ncnc(Cl)c1CCl. The summed E-state index contributed by atoms with van der Waals surface area (Å²) in [6.45, 7) is 1.05. The molecular formula is C14H19Cl2N3. The molecule has 2 bridgehead atoms. The molecule has 0 aliphatic heterocycles. The van der Waals surface area contributed by atoms with Gasteiger partial charge in [0.25, 0.3) is 0 Å². The molecule has 104 valence electrons. The topological polar surface area (TPSA) is 29.0 Å². The number of alkyl halides is 1. The van der Waals surface area contributed by atoms with Crippen molar-refractivity contribution in [3.63, 3.8) is 0 Å². The average molecular weight is 300 g/mol. The highest BCUT2D eigenvalue weighted by Gasteiger charge is 2.39. The van der Waals surface area contributed by atoms with Gasteiger partial charge in [-0.25, -0.2) is 9.97 Å². The van der Waals surface area contributed by atoms with E-state index in [1.54, 1.807) is 0 Å². The van der Waals surface area contributed by atoms with Crippen molar-refractivity contribution in [1.82, 2.24) is 9.97 Å². The van der Waals surface area contributed by atoms with Gasteiger partial charge in [0.15, 0.2) is 0 Å². The fraction of sp³-hybridized carbons (Fsp3) is 0.714. The van der Waals surface area contributed by atoms with Crippen molar-refractivity contribution in [2.45, 2.75) is 31.6 Å². The van der Waals surface area contributed by atoms with Crippen molar-refractivity contribution in [1.29, 1.82) is 0 Å². The Bertz CT molecular complexity index is 466. The second-order valence-electron chi connectivity index (χ2n) is 5.92. The van der Waals surface area contributed by atoms with Crippen molar-refractivity contribution < 1.29 is 0 Å². The molecule has 1 aromatic heterocycles. The first-order valence-corrected chi connectivity index (χ1v) is 7.86. The van der Waals surface area contributed by atoms with Crippen LogP contribution in [-0.4, -0.2) is 23.6 Å². The van der Waals surface area contributed by atoms with Crippen LogP contribution >= 0.6 is 23.2 Å². The maximum atomic E-state index is 6.09. The molecule has 3 nitrogen and oxygen atoms in total. The van der Waals surface area contributed by atoms with Crippen molar-refractivity contribution in [2.75, 3.05) is 18.5 Å². The monoisotopic (exact) mass is 299 g/mol. The first-order chi connectivity index (χ1) is 9.19. The average Bonchev–Trinajstić information content (AvgIpc) is 3.00. The van der Waals surface area contributed by atoms with Gasteiger partial charge in [-0.05, 0) is 37.0 Å². The highest BCUT2D eigenvalue weighted by molar-refractivity contribution is 6.31. The molecule has 2 saturated carbocycles. The van der Waals surface area contributed by atoms with E-state index in [4.69, 9.17) is 23.2 Å². The normalized spacial score (nSPS) is 28.9. The van der Waals surface area contributed by atoms with Crippen LogP contribution in [0.2, 0.25) is 5.15 Å². The number of hydrogen-bond acceptors (Lipinski definition) is 3. The largest absolute Gasteiger partial charge is 0.359 e. The highest BCUT2D eigenvalue weighted by Crippen LogP contribution is 2.48. The van der Waals surface area contributed by atoms with E-state index in [1.165, 1.54) is 32.0 Å². The van der Waals surface area contributed by atoms with E-state index in [-0.39, 0.29) is 0 Å². The van der Waals surface area contributed by atoms with Crippen LogP contribution in [0.25, 0.3) is 0 Å². The van der Waals surface area contributed by atoms with Gasteiger partial charge in [-0.3, -0.25) is 0 Å². The van der Waals surface area contributed by atoms with Crippen LogP contribution in [0.1, 0.15) is 31.2 Å². The van der Waals surface area contributed by atoms with E-state index in [0.717, 1.165) is 35.7 Å². The Morgan fingerprint density at radius 3 is 2.79 bits per heavy atom. The lowest BCUT2D eigenvalue weighted by atomic mass is 9.88. The number of nitrogens with zero attached hydrogens (tertiary/aromatic N) is 3. The number of rotatable bonds is 4. The summed E-state index contributed by atoms with van der Waals surface area (Å²) in [5.41, 5.74) is 0.844. The van der Waals surface area contributed by atoms with Gasteiger partial charge in [-0.1, -0.05) is 18.0 Å². The molecule has 0 saturated heterocycles. The quantitative estimate of drug-likeness (QED) is 0.626. The fourth-order valence-electron chi connectivity index (χ4n) is 3.86. The molecule has 0 N–H and O–H groups in total. The maximum absolute atomic E-state index is 6.09.